The SMILES string of the molecule is Cc1ccc(C)c(OCCC(=O)OCC(=O)Nc2ccccc2OC(F)F)c1. The van der Waals surface area contributed by atoms with Gasteiger partial charge in [0.1, 0.15) is 11.5 Å². The Morgan fingerprint density at radius 1 is 1.07 bits per heavy atom. The highest BCUT2D eigenvalue weighted by molar-refractivity contribution is 5.94. The number of ether oxygens (including phenoxy) is 3. The molecular formula is C20H21F2NO5. The molecular weight excluding hydrogens is 372 g/mol. The molecule has 2 aromatic carbocycles. The van der Waals surface area contributed by atoms with Crippen LogP contribution in [-0.4, -0.2) is 31.7 Å². The number of benzene rings is 2. The number of carbonyl (C=O) groups is 2. The van der Waals surface area contributed by atoms with Crippen molar-refractivity contribution in [2.45, 2.75) is 26.9 Å². The molecule has 150 valence electrons. The second-order valence-corrected chi connectivity index (χ2v) is 5.95. The first kappa shape index (κ1) is 21.1. The predicted octanol–water partition coefficient (Wildman–Crippen LogP) is 3.86. The van der Waals surface area contributed by atoms with E-state index in [9.17, 15) is 18.4 Å². The number of carbonyl (C=O) groups excluding carboxylic acids is 2. The first-order valence-electron chi connectivity index (χ1n) is 8.54. The molecule has 0 radical (unpaired) electrons. The number of aryl methyl sites for hydroxylation is 2. The molecule has 0 spiro atoms. The fourth-order valence-corrected chi connectivity index (χ4v) is 2.28. The highest BCUT2D eigenvalue weighted by Crippen LogP contribution is 2.25. The third-order valence-corrected chi connectivity index (χ3v) is 3.65. The van der Waals surface area contributed by atoms with Crippen molar-refractivity contribution in [1.29, 1.82) is 0 Å². The van der Waals surface area contributed by atoms with Crippen molar-refractivity contribution in [1.82, 2.24) is 0 Å². The van der Waals surface area contributed by atoms with Gasteiger partial charge in [-0.1, -0.05) is 24.3 Å². The molecule has 0 saturated carbocycles. The first-order valence-corrected chi connectivity index (χ1v) is 8.54. The van der Waals surface area contributed by atoms with Crippen molar-refractivity contribution < 1.29 is 32.6 Å². The molecule has 1 N–H and O–H groups in total. The van der Waals surface area contributed by atoms with Crippen LogP contribution in [0.25, 0.3) is 0 Å². The van der Waals surface area contributed by atoms with Crippen LogP contribution in [0.5, 0.6) is 11.5 Å². The van der Waals surface area contributed by atoms with Crippen LogP contribution in [-0.2, 0) is 14.3 Å². The summed E-state index contributed by atoms with van der Waals surface area (Å²) in [6, 6.07) is 11.5. The first-order chi connectivity index (χ1) is 13.3. The number of para-hydroxylation sites is 2. The topological polar surface area (TPSA) is 73.9 Å². The summed E-state index contributed by atoms with van der Waals surface area (Å²) < 4.78 is 39.5. The van der Waals surface area contributed by atoms with Crippen LogP contribution >= 0.6 is 0 Å². The minimum absolute atomic E-state index is 0.0360. The molecule has 0 fully saturated rings. The van der Waals surface area contributed by atoms with Gasteiger partial charge < -0.3 is 19.5 Å². The van der Waals surface area contributed by atoms with E-state index in [1.165, 1.54) is 18.2 Å². The number of hydrogen-bond donors (Lipinski definition) is 1. The van der Waals surface area contributed by atoms with E-state index in [2.05, 4.69) is 10.1 Å². The molecule has 0 aromatic heterocycles. The van der Waals surface area contributed by atoms with Gasteiger partial charge in [-0.05, 0) is 43.2 Å². The van der Waals surface area contributed by atoms with E-state index < -0.39 is 25.1 Å². The molecule has 6 nitrogen and oxygen atoms in total. The quantitative estimate of drug-likeness (QED) is 0.655. The summed E-state index contributed by atoms with van der Waals surface area (Å²) in [5.41, 5.74) is 2.04. The number of esters is 1. The van der Waals surface area contributed by atoms with E-state index in [-0.39, 0.29) is 24.5 Å². The van der Waals surface area contributed by atoms with Gasteiger partial charge in [0.2, 0.25) is 0 Å². The van der Waals surface area contributed by atoms with Crippen molar-refractivity contribution in [2.75, 3.05) is 18.5 Å². The Morgan fingerprint density at radius 3 is 2.57 bits per heavy atom. The molecule has 0 atom stereocenters. The maximum absolute atomic E-state index is 12.4. The lowest BCUT2D eigenvalue weighted by Gasteiger charge is -2.12. The van der Waals surface area contributed by atoms with Gasteiger partial charge in [0.15, 0.2) is 6.61 Å². The van der Waals surface area contributed by atoms with Crippen molar-refractivity contribution >= 4 is 17.6 Å². The fourth-order valence-electron chi connectivity index (χ4n) is 2.28. The lowest BCUT2D eigenvalue weighted by atomic mass is 10.1. The van der Waals surface area contributed by atoms with Crippen molar-refractivity contribution in [2.24, 2.45) is 0 Å². The average molecular weight is 393 g/mol. The van der Waals surface area contributed by atoms with E-state index in [0.29, 0.717) is 5.75 Å². The van der Waals surface area contributed by atoms with Crippen LogP contribution in [0.2, 0.25) is 0 Å². The van der Waals surface area contributed by atoms with Gasteiger partial charge in [-0.3, -0.25) is 9.59 Å². The average Bonchev–Trinajstić information content (AvgIpc) is 2.64. The van der Waals surface area contributed by atoms with Gasteiger partial charge in [0, 0.05) is 0 Å². The highest BCUT2D eigenvalue weighted by atomic mass is 19.3. The van der Waals surface area contributed by atoms with Crippen molar-refractivity contribution in [3.8, 4) is 11.5 Å². The summed E-state index contributed by atoms with van der Waals surface area (Å²) in [4.78, 5) is 23.6. The number of alkyl halides is 2. The van der Waals surface area contributed by atoms with E-state index in [4.69, 9.17) is 9.47 Å². The Kier molecular flexibility index (Phi) is 7.74. The third kappa shape index (κ3) is 6.86. The van der Waals surface area contributed by atoms with Crippen LogP contribution in [0, 0.1) is 13.8 Å². The number of halogens is 2. The van der Waals surface area contributed by atoms with Crippen LogP contribution in [0.15, 0.2) is 42.5 Å². The lowest BCUT2D eigenvalue weighted by Crippen LogP contribution is -2.22. The Bertz CT molecular complexity index is 826. The normalized spacial score (nSPS) is 10.5. The molecule has 2 rings (SSSR count). The molecule has 1 amide bonds. The van der Waals surface area contributed by atoms with Crippen molar-refractivity contribution in [3.63, 3.8) is 0 Å². The molecule has 0 aliphatic rings. The van der Waals surface area contributed by atoms with E-state index >= 15 is 0 Å². The number of nitrogens with one attached hydrogen (secondary N) is 1. The molecule has 0 aliphatic heterocycles. The molecule has 0 heterocycles. The summed E-state index contributed by atoms with van der Waals surface area (Å²) in [6.07, 6.45) is -0.0360. The Morgan fingerprint density at radius 2 is 1.82 bits per heavy atom. The summed E-state index contributed by atoms with van der Waals surface area (Å²) in [5, 5.41) is 2.36. The second-order valence-electron chi connectivity index (χ2n) is 5.95. The van der Waals surface area contributed by atoms with Crippen LogP contribution in [0.3, 0.4) is 0 Å². The van der Waals surface area contributed by atoms with Crippen LogP contribution < -0.4 is 14.8 Å². The zero-order chi connectivity index (χ0) is 20.5. The number of hydrogen-bond acceptors (Lipinski definition) is 5. The standard InChI is InChI=1S/C20H21F2NO5/c1-13-7-8-14(2)17(11-13)26-10-9-19(25)27-12-18(24)23-15-5-3-4-6-16(15)28-20(21)22/h3-8,11,20H,9-10,12H2,1-2H3,(H,23,24). The smallest absolute Gasteiger partial charge is 0.387 e. The molecule has 2 aromatic rings. The maximum Gasteiger partial charge on any atom is 0.387 e. The van der Waals surface area contributed by atoms with E-state index in [0.717, 1.165) is 11.1 Å². The second kappa shape index (κ2) is 10.2. The fraction of sp³-hybridized carbons (Fsp3) is 0.300. The van der Waals surface area contributed by atoms with Crippen molar-refractivity contribution in [3.05, 3.63) is 53.6 Å². The summed E-state index contributed by atoms with van der Waals surface area (Å²) in [7, 11) is 0. The number of rotatable bonds is 9. The predicted molar refractivity (Wildman–Crippen MR) is 98.7 cm³/mol. The number of amides is 1. The molecule has 0 aliphatic carbocycles. The largest absolute Gasteiger partial charge is 0.493 e. The Hall–Kier alpha value is -3.16. The molecule has 8 heteroatoms. The minimum Gasteiger partial charge on any atom is -0.493 e. The Labute approximate surface area is 161 Å². The molecule has 0 unspecified atom stereocenters. The van der Waals surface area contributed by atoms with E-state index in [1.54, 1.807) is 6.07 Å². The van der Waals surface area contributed by atoms with Crippen LogP contribution in [0.4, 0.5) is 14.5 Å². The molecule has 28 heavy (non-hydrogen) atoms. The van der Waals surface area contributed by atoms with Gasteiger partial charge in [-0.25, -0.2) is 0 Å². The summed E-state index contributed by atoms with van der Waals surface area (Å²) >= 11 is 0. The zero-order valence-corrected chi connectivity index (χ0v) is 15.5. The zero-order valence-electron chi connectivity index (χ0n) is 15.5. The highest BCUT2D eigenvalue weighted by Gasteiger charge is 2.13. The van der Waals surface area contributed by atoms with Gasteiger partial charge in [-0.2, -0.15) is 8.78 Å². The van der Waals surface area contributed by atoms with Crippen LogP contribution in [0.1, 0.15) is 17.5 Å². The number of anilines is 1. The minimum atomic E-state index is -3.02. The summed E-state index contributed by atoms with van der Waals surface area (Å²) in [6.45, 7) is 0.366. The van der Waals surface area contributed by atoms with Gasteiger partial charge in [0.25, 0.3) is 5.91 Å². The van der Waals surface area contributed by atoms with Gasteiger partial charge >= 0.3 is 12.6 Å². The molecule has 0 bridgehead atoms. The third-order valence-electron chi connectivity index (χ3n) is 3.65. The monoisotopic (exact) mass is 393 g/mol. The summed E-state index contributed by atoms with van der Waals surface area (Å²) in [5.74, 6) is -0.785. The molecule has 0 saturated heterocycles. The van der Waals surface area contributed by atoms with E-state index in [1.807, 2.05) is 32.0 Å². The Balaban J connectivity index is 1.75. The van der Waals surface area contributed by atoms with Gasteiger partial charge in [0.05, 0.1) is 18.7 Å². The lowest BCUT2D eigenvalue weighted by molar-refractivity contribution is -0.147. The van der Waals surface area contributed by atoms with Gasteiger partial charge in [-0.15, -0.1) is 0 Å². The maximum atomic E-state index is 12.4.